The second-order valence-corrected chi connectivity index (χ2v) is 6.00. The highest BCUT2D eigenvalue weighted by Gasteiger charge is 2.13. The fourth-order valence-electron chi connectivity index (χ4n) is 2.81. The molecule has 1 heterocycles. The Bertz CT molecular complexity index is 990. The van der Waals surface area contributed by atoms with Crippen LogP contribution in [0.15, 0.2) is 78.9 Å². The third-order valence-electron chi connectivity index (χ3n) is 4.13. The van der Waals surface area contributed by atoms with Gasteiger partial charge in [0.15, 0.2) is 17.5 Å². The van der Waals surface area contributed by atoms with E-state index in [1.54, 1.807) is 6.07 Å². The van der Waals surface area contributed by atoms with Gasteiger partial charge in [-0.3, -0.25) is 0 Å². The lowest BCUT2D eigenvalue weighted by Crippen LogP contribution is -2.01. The Kier molecular flexibility index (Phi) is 4.23. The van der Waals surface area contributed by atoms with Gasteiger partial charge in [0.05, 0.1) is 0 Å². The highest BCUT2D eigenvalue weighted by atomic mass is 19.1. The van der Waals surface area contributed by atoms with Crippen molar-refractivity contribution in [3.8, 4) is 34.2 Å². The summed E-state index contributed by atoms with van der Waals surface area (Å²) in [5.74, 6) is 1.46. The molecule has 0 N–H and O–H groups in total. The number of aromatic nitrogens is 3. The Morgan fingerprint density at radius 2 is 1.12 bits per heavy atom. The molecule has 3 aromatic carbocycles. The number of rotatable bonds is 3. The Morgan fingerprint density at radius 1 is 0.615 bits per heavy atom. The van der Waals surface area contributed by atoms with Crippen LogP contribution in [0.1, 0.15) is 5.56 Å². The summed E-state index contributed by atoms with van der Waals surface area (Å²) in [4.78, 5) is 13.9. The van der Waals surface area contributed by atoms with Gasteiger partial charge in [0.25, 0.3) is 0 Å². The Labute approximate surface area is 151 Å². The van der Waals surface area contributed by atoms with Crippen LogP contribution in [0.25, 0.3) is 34.2 Å². The predicted molar refractivity (Wildman–Crippen MR) is 101 cm³/mol. The highest BCUT2D eigenvalue weighted by Crippen LogP contribution is 2.26. The first-order chi connectivity index (χ1) is 12.7. The van der Waals surface area contributed by atoms with Gasteiger partial charge in [-0.2, -0.15) is 0 Å². The van der Waals surface area contributed by atoms with Crippen molar-refractivity contribution in [3.05, 3.63) is 90.2 Å². The highest BCUT2D eigenvalue weighted by molar-refractivity contribution is 5.67. The average Bonchev–Trinajstić information content (AvgIpc) is 2.69. The van der Waals surface area contributed by atoms with Gasteiger partial charge in [0, 0.05) is 16.7 Å². The maximum absolute atomic E-state index is 13.5. The lowest BCUT2D eigenvalue weighted by Gasteiger charge is -2.10. The molecule has 0 unspecified atom stereocenters. The molecule has 0 radical (unpaired) electrons. The summed E-state index contributed by atoms with van der Waals surface area (Å²) >= 11 is 0. The van der Waals surface area contributed by atoms with E-state index < -0.39 is 0 Å². The van der Waals surface area contributed by atoms with Crippen LogP contribution in [-0.4, -0.2) is 15.0 Å². The lowest BCUT2D eigenvalue weighted by atomic mass is 10.1. The third-order valence-corrected chi connectivity index (χ3v) is 4.13. The van der Waals surface area contributed by atoms with Crippen molar-refractivity contribution in [3.63, 3.8) is 0 Å². The predicted octanol–water partition coefficient (Wildman–Crippen LogP) is 5.32. The van der Waals surface area contributed by atoms with E-state index in [2.05, 4.69) is 15.0 Å². The zero-order valence-electron chi connectivity index (χ0n) is 14.2. The van der Waals surface area contributed by atoms with E-state index in [0.29, 0.717) is 17.5 Å². The fourth-order valence-corrected chi connectivity index (χ4v) is 2.81. The molecule has 0 atom stereocenters. The van der Waals surface area contributed by atoms with E-state index in [4.69, 9.17) is 0 Å². The average molecular weight is 341 g/mol. The molecular weight excluding hydrogens is 325 g/mol. The molecular formula is C22H16FN3. The van der Waals surface area contributed by atoms with Crippen molar-refractivity contribution in [2.24, 2.45) is 0 Å². The molecule has 4 heteroatoms. The lowest BCUT2D eigenvalue weighted by molar-refractivity contribution is 0.627. The summed E-state index contributed by atoms with van der Waals surface area (Å²) in [5, 5.41) is 0. The van der Waals surface area contributed by atoms with Gasteiger partial charge in [0.1, 0.15) is 5.82 Å². The van der Waals surface area contributed by atoms with Crippen molar-refractivity contribution in [1.82, 2.24) is 15.0 Å². The molecule has 126 valence electrons. The number of aryl methyl sites for hydroxylation is 1. The summed E-state index contributed by atoms with van der Waals surface area (Å²) in [6, 6.07) is 24.2. The molecule has 0 fully saturated rings. The van der Waals surface area contributed by atoms with E-state index in [-0.39, 0.29) is 5.82 Å². The maximum atomic E-state index is 13.5. The monoisotopic (exact) mass is 341 g/mol. The number of hydrogen-bond donors (Lipinski definition) is 0. The largest absolute Gasteiger partial charge is 0.208 e. The van der Waals surface area contributed by atoms with Gasteiger partial charge in [-0.1, -0.05) is 60.7 Å². The second-order valence-electron chi connectivity index (χ2n) is 6.00. The first kappa shape index (κ1) is 16.1. The van der Waals surface area contributed by atoms with Crippen molar-refractivity contribution in [2.75, 3.05) is 0 Å². The number of halogens is 1. The van der Waals surface area contributed by atoms with Gasteiger partial charge in [-0.05, 0) is 30.7 Å². The molecule has 4 aromatic rings. The molecule has 0 aliphatic carbocycles. The molecule has 0 amide bonds. The van der Waals surface area contributed by atoms with Crippen LogP contribution in [0.3, 0.4) is 0 Å². The quantitative estimate of drug-likeness (QED) is 0.506. The third kappa shape index (κ3) is 3.22. The normalized spacial score (nSPS) is 10.7. The van der Waals surface area contributed by atoms with Crippen LogP contribution in [0.5, 0.6) is 0 Å². The van der Waals surface area contributed by atoms with Crippen LogP contribution < -0.4 is 0 Å². The molecule has 0 bridgehead atoms. The molecule has 3 nitrogen and oxygen atoms in total. The molecule has 0 spiro atoms. The molecule has 0 saturated heterocycles. The minimum atomic E-state index is -0.271. The molecule has 1 aromatic heterocycles. The van der Waals surface area contributed by atoms with Gasteiger partial charge in [-0.25, -0.2) is 19.3 Å². The van der Waals surface area contributed by atoms with E-state index in [1.165, 1.54) is 12.1 Å². The Balaban J connectivity index is 1.94. The van der Waals surface area contributed by atoms with Crippen LogP contribution >= 0.6 is 0 Å². The van der Waals surface area contributed by atoms with Crippen LogP contribution in [0.4, 0.5) is 4.39 Å². The molecule has 26 heavy (non-hydrogen) atoms. The maximum Gasteiger partial charge on any atom is 0.164 e. The minimum Gasteiger partial charge on any atom is -0.208 e. The number of nitrogens with zero attached hydrogens (tertiary/aromatic N) is 3. The topological polar surface area (TPSA) is 38.7 Å². The summed E-state index contributed by atoms with van der Waals surface area (Å²) in [6.07, 6.45) is 0. The number of hydrogen-bond acceptors (Lipinski definition) is 3. The van der Waals surface area contributed by atoms with Crippen molar-refractivity contribution in [1.29, 1.82) is 0 Å². The fraction of sp³-hybridized carbons (Fsp3) is 0.0455. The molecule has 4 rings (SSSR count). The zero-order valence-corrected chi connectivity index (χ0v) is 14.2. The van der Waals surface area contributed by atoms with Gasteiger partial charge >= 0.3 is 0 Å². The smallest absolute Gasteiger partial charge is 0.164 e. The van der Waals surface area contributed by atoms with E-state index in [9.17, 15) is 4.39 Å². The summed E-state index contributed by atoms with van der Waals surface area (Å²) in [5.41, 5.74) is 3.40. The molecule has 0 saturated carbocycles. The SMILES string of the molecule is Cc1cc(F)ccc1-c1nc(-c2ccccc2)nc(-c2ccccc2)n1. The Morgan fingerprint density at radius 3 is 1.62 bits per heavy atom. The first-order valence-electron chi connectivity index (χ1n) is 8.34. The van der Waals surface area contributed by atoms with Crippen LogP contribution in [0.2, 0.25) is 0 Å². The van der Waals surface area contributed by atoms with Gasteiger partial charge in [0.2, 0.25) is 0 Å². The number of benzene rings is 3. The zero-order chi connectivity index (χ0) is 17.9. The summed E-state index contributed by atoms with van der Waals surface area (Å²) in [6.45, 7) is 1.85. The Hall–Kier alpha value is -3.40. The van der Waals surface area contributed by atoms with Crippen molar-refractivity contribution >= 4 is 0 Å². The molecule has 0 aliphatic heterocycles. The van der Waals surface area contributed by atoms with E-state index >= 15 is 0 Å². The second kappa shape index (κ2) is 6.84. The minimum absolute atomic E-state index is 0.271. The van der Waals surface area contributed by atoms with E-state index in [1.807, 2.05) is 67.6 Å². The first-order valence-corrected chi connectivity index (χ1v) is 8.34. The molecule has 0 aliphatic rings. The van der Waals surface area contributed by atoms with Gasteiger partial charge < -0.3 is 0 Å². The van der Waals surface area contributed by atoms with Gasteiger partial charge in [-0.15, -0.1) is 0 Å². The summed E-state index contributed by atoms with van der Waals surface area (Å²) in [7, 11) is 0. The standard InChI is InChI=1S/C22H16FN3/c1-15-14-18(23)12-13-19(15)22-25-20(16-8-4-2-5-9-16)24-21(26-22)17-10-6-3-7-11-17/h2-14H,1H3. The van der Waals surface area contributed by atoms with E-state index in [0.717, 1.165) is 22.3 Å². The van der Waals surface area contributed by atoms with Crippen molar-refractivity contribution < 1.29 is 4.39 Å². The van der Waals surface area contributed by atoms with Crippen LogP contribution in [-0.2, 0) is 0 Å². The van der Waals surface area contributed by atoms with Crippen molar-refractivity contribution in [2.45, 2.75) is 6.92 Å². The van der Waals surface area contributed by atoms with Crippen LogP contribution in [0, 0.1) is 12.7 Å². The summed E-state index contributed by atoms with van der Waals surface area (Å²) < 4.78 is 13.5.